The van der Waals surface area contributed by atoms with Gasteiger partial charge in [-0.2, -0.15) is 0 Å². The first-order valence-electron chi connectivity index (χ1n) is 11.4. The van der Waals surface area contributed by atoms with Crippen molar-refractivity contribution in [2.45, 2.75) is 75.6 Å². The van der Waals surface area contributed by atoms with Crippen LogP contribution in [0.1, 0.15) is 57.4 Å². The predicted molar refractivity (Wildman–Crippen MR) is 115 cm³/mol. The molecule has 4 bridgehead atoms. The van der Waals surface area contributed by atoms with Crippen LogP contribution in [0.15, 0.2) is 28.7 Å². The highest BCUT2D eigenvalue weighted by molar-refractivity contribution is 9.10. The van der Waals surface area contributed by atoms with Gasteiger partial charge in [-0.15, -0.1) is 0 Å². The predicted octanol–water partition coefficient (Wildman–Crippen LogP) is 4.80. The minimum absolute atomic E-state index is 0.0598. The Balaban J connectivity index is 1.30. The fourth-order valence-electron chi connectivity index (χ4n) is 7.64. The molecule has 2 amide bonds. The van der Waals surface area contributed by atoms with Crippen molar-refractivity contribution in [3.63, 3.8) is 0 Å². The van der Waals surface area contributed by atoms with Gasteiger partial charge in [-0.1, -0.05) is 28.1 Å². The molecular formula is C24H31BrN2O2. The molecular weight excluding hydrogens is 428 g/mol. The van der Waals surface area contributed by atoms with Crippen LogP contribution in [0.4, 0.5) is 4.79 Å². The summed E-state index contributed by atoms with van der Waals surface area (Å²) >= 11 is 3.52. The molecule has 1 heterocycles. The van der Waals surface area contributed by atoms with Gasteiger partial charge >= 0.3 is 6.03 Å². The van der Waals surface area contributed by atoms with E-state index in [4.69, 9.17) is 0 Å². The molecule has 3 unspecified atom stereocenters. The average Bonchev–Trinajstić information content (AvgIpc) is 3.47. The SMILES string of the molecule is CC1(C2CC2)CN(C2C3CC4CC2CC(O)(C4)C3)C(=O)N1Cc1ccc(Br)cc1. The lowest BCUT2D eigenvalue weighted by Crippen LogP contribution is -2.62. The molecule has 1 aliphatic heterocycles. The van der Waals surface area contributed by atoms with Crippen LogP contribution in [0.25, 0.3) is 0 Å². The normalized spacial score (nSPS) is 43.5. The average molecular weight is 459 g/mol. The Labute approximate surface area is 181 Å². The first-order chi connectivity index (χ1) is 13.8. The lowest BCUT2D eigenvalue weighted by molar-refractivity contribution is -0.152. The van der Waals surface area contributed by atoms with Crippen LogP contribution in [0, 0.1) is 23.7 Å². The van der Waals surface area contributed by atoms with E-state index in [1.54, 1.807) is 0 Å². The Kier molecular flexibility index (Phi) is 4.01. The van der Waals surface area contributed by atoms with Crippen molar-refractivity contribution in [2.75, 3.05) is 6.54 Å². The van der Waals surface area contributed by atoms with Gasteiger partial charge in [0.1, 0.15) is 0 Å². The fraction of sp³-hybridized carbons (Fsp3) is 0.708. The van der Waals surface area contributed by atoms with Crippen LogP contribution in [0.2, 0.25) is 0 Å². The quantitative estimate of drug-likeness (QED) is 0.704. The van der Waals surface area contributed by atoms with Crippen LogP contribution in [0.5, 0.6) is 0 Å². The van der Waals surface area contributed by atoms with Gasteiger partial charge in [0.05, 0.1) is 11.1 Å². The minimum Gasteiger partial charge on any atom is -0.390 e. The van der Waals surface area contributed by atoms with E-state index in [-0.39, 0.29) is 11.6 Å². The van der Waals surface area contributed by atoms with E-state index in [0.717, 1.165) is 30.3 Å². The maximum absolute atomic E-state index is 13.8. The summed E-state index contributed by atoms with van der Waals surface area (Å²) in [5.41, 5.74) is 0.706. The largest absolute Gasteiger partial charge is 0.390 e. The third kappa shape index (κ3) is 2.90. The van der Waals surface area contributed by atoms with E-state index in [9.17, 15) is 9.90 Å². The number of aliphatic hydroxyl groups is 1. The number of benzene rings is 1. The Bertz CT molecular complexity index is 822. The monoisotopic (exact) mass is 458 g/mol. The van der Waals surface area contributed by atoms with Crippen LogP contribution >= 0.6 is 15.9 Å². The molecule has 1 saturated heterocycles. The molecule has 4 nitrogen and oxygen atoms in total. The molecule has 5 saturated carbocycles. The molecule has 7 rings (SSSR count). The van der Waals surface area contributed by atoms with Gasteiger partial charge in [0, 0.05) is 23.6 Å². The third-order valence-electron chi connectivity index (χ3n) is 8.85. The summed E-state index contributed by atoms with van der Waals surface area (Å²) in [6.45, 7) is 3.89. The van der Waals surface area contributed by atoms with Gasteiger partial charge in [-0.25, -0.2) is 4.79 Å². The van der Waals surface area contributed by atoms with E-state index in [0.29, 0.717) is 36.3 Å². The zero-order valence-corrected chi connectivity index (χ0v) is 18.8. The Morgan fingerprint density at radius 2 is 1.76 bits per heavy atom. The van der Waals surface area contributed by atoms with Gasteiger partial charge in [0.15, 0.2) is 0 Å². The molecule has 0 aromatic heterocycles. The van der Waals surface area contributed by atoms with E-state index in [1.165, 1.54) is 31.2 Å². The molecule has 5 heteroatoms. The summed E-state index contributed by atoms with van der Waals surface area (Å²) in [5.74, 6) is 2.30. The molecule has 1 N–H and O–H groups in total. The maximum atomic E-state index is 13.8. The zero-order chi connectivity index (χ0) is 20.0. The summed E-state index contributed by atoms with van der Waals surface area (Å²) in [6, 6.07) is 8.98. The summed E-state index contributed by atoms with van der Waals surface area (Å²) in [4.78, 5) is 18.3. The van der Waals surface area contributed by atoms with Crippen molar-refractivity contribution < 1.29 is 9.90 Å². The molecule has 0 spiro atoms. The molecule has 1 aromatic carbocycles. The zero-order valence-electron chi connectivity index (χ0n) is 17.2. The van der Waals surface area contributed by atoms with Crippen LogP contribution in [-0.2, 0) is 6.54 Å². The fourth-order valence-corrected chi connectivity index (χ4v) is 7.91. The number of nitrogens with zero attached hydrogens (tertiary/aromatic N) is 2. The number of rotatable bonds is 4. The van der Waals surface area contributed by atoms with E-state index < -0.39 is 5.60 Å². The maximum Gasteiger partial charge on any atom is 0.321 e. The van der Waals surface area contributed by atoms with Crippen molar-refractivity contribution in [1.29, 1.82) is 0 Å². The highest BCUT2D eigenvalue weighted by Gasteiger charge is 2.61. The topological polar surface area (TPSA) is 43.8 Å². The molecule has 1 aromatic rings. The number of hydrogen-bond acceptors (Lipinski definition) is 2. The number of hydrogen-bond donors (Lipinski definition) is 1. The lowest BCUT2D eigenvalue weighted by Gasteiger charge is -2.59. The first-order valence-corrected chi connectivity index (χ1v) is 12.2. The summed E-state index contributed by atoms with van der Waals surface area (Å²) in [5, 5.41) is 11.0. The third-order valence-corrected chi connectivity index (χ3v) is 9.37. The van der Waals surface area contributed by atoms with E-state index in [1.807, 2.05) is 0 Å². The minimum atomic E-state index is -0.438. The number of carbonyl (C=O) groups excluding carboxylic acids is 1. The Morgan fingerprint density at radius 1 is 1.10 bits per heavy atom. The van der Waals surface area contributed by atoms with Gasteiger partial charge in [0.25, 0.3) is 0 Å². The Hall–Kier alpha value is -1.07. The van der Waals surface area contributed by atoms with Crippen molar-refractivity contribution in [1.82, 2.24) is 9.80 Å². The first kappa shape index (κ1) is 18.7. The standard InChI is InChI=1S/C24H31BrN2O2/c1-23(19-4-5-19)14-26(22(28)27(23)13-15-2-6-20(25)7-3-15)21-17-8-16-9-18(21)12-24(29,10-16)11-17/h2-3,6-7,16-19,21,29H,4-5,8-14H2,1H3. The second-order valence-electron chi connectivity index (χ2n) is 10.9. The van der Waals surface area contributed by atoms with Crippen LogP contribution < -0.4 is 0 Å². The van der Waals surface area contributed by atoms with Gasteiger partial charge < -0.3 is 14.9 Å². The highest BCUT2D eigenvalue weighted by Crippen LogP contribution is 2.58. The Morgan fingerprint density at radius 3 is 2.34 bits per heavy atom. The molecule has 3 atom stereocenters. The van der Waals surface area contributed by atoms with Crippen molar-refractivity contribution in [3.05, 3.63) is 34.3 Å². The molecule has 6 aliphatic rings. The highest BCUT2D eigenvalue weighted by atomic mass is 79.9. The van der Waals surface area contributed by atoms with Crippen LogP contribution in [-0.4, -0.2) is 44.7 Å². The van der Waals surface area contributed by atoms with Crippen molar-refractivity contribution in [3.8, 4) is 0 Å². The number of carbonyl (C=O) groups is 1. The van der Waals surface area contributed by atoms with E-state index in [2.05, 4.69) is 56.9 Å². The molecule has 156 valence electrons. The molecule has 6 fully saturated rings. The number of urea groups is 1. The molecule has 5 aliphatic carbocycles. The lowest BCUT2D eigenvalue weighted by atomic mass is 9.52. The van der Waals surface area contributed by atoms with Gasteiger partial charge in [-0.05, 0) is 93.2 Å². The molecule has 29 heavy (non-hydrogen) atoms. The number of amides is 2. The second-order valence-corrected chi connectivity index (χ2v) is 11.9. The summed E-state index contributed by atoms with van der Waals surface area (Å²) in [7, 11) is 0. The van der Waals surface area contributed by atoms with Crippen molar-refractivity contribution in [2.24, 2.45) is 23.7 Å². The van der Waals surface area contributed by atoms with Crippen LogP contribution in [0.3, 0.4) is 0 Å². The second kappa shape index (κ2) is 6.23. The summed E-state index contributed by atoms with van der Waals surface area (Å²) in [6.07, 6.45) is 7.71. The van der Waals surface area contributed by atoms with Gasteiger partial charge in [-0.3, -0.25) is 0 Å². The summed E-state index contributed by atoms with van der Waals surface area (Å²) < 4.78 is 1.08. The number of halogens is 1. The smallest absolute Gasteiger partial charge is 0.321 e. The molecule has 0 radical (unpaired) electrons. The van der Waals surface area contributed by atoms with E-state index >= 15 is 0 Å². The van der Waals surface area contributed by atoms with Gasteiger partial charge in [0.2, 0.25) is 0 Å². The van der Waals surface area contributed by atoms with Crippen molar-refractivity contribution >= 4 is 22.0 Å².